The van der Waals surface area contributed by atoms with Crippen LogP contribution >= 0.6 is 11.3 Å². The number of carboxylic acid groups (broad SMARTS) is 1. The molecule has 0 aliphatic carbocycles. The number of rotatable bonds is 5. The highest BCUT2D eigenvalue weighted by Gasteiger charge is 2.19. The molecule has 0 bridgehead atoms. The lowest BCUT2D eigenvalue weighted by Gasteiger charge is -2.27. The van der Waals surface area contributed by atoms with Crippen LogP contribution in [0.15, 0.2) is 29.6 Å². The highest BCUT2D eigenvalue weighted by molar-refractivity contribution is 7.81. The minimum atomic E-state index is -2.58. The van der Waals surface area contributed by atoms with Gasteiger partial charge in [0.05, 0.1) is 35.7 Å². The van der Waals surface area contributed by atoms with Crippen molar-refractivity contribution in [2.24, 2.45) is 0 Å². The van der Waals surface area contributed by atoms with Gasteiger partial charge < -0.3 is 19.3 Å². The maximum absolute atomic E-state index is 11.6. The van der Waals surface area contributed by atoms with Gasteiger partial charge in [0, 0.05) is 18.5 Å². The van der Waals surface area contributed by atoms with Crippen LogP contribution in [-0.2, 0) is 16.0 Å². The SMILES string of the molecule is O=C(O)c1ccc(N(c2csc(N3CCOCC3)n2)S(=O)[O-])cc1. The summed E-state index contributed by atoms with van der Waals surface area (Å²) in [6.45, 7) is 2.65. The van der Waals surface area contributed by atoms with E-state index in [1.807, 2.05) is 4.90 Å². The van der Waals surface area contributed by atoms with Gasteiger partial charge in [-0.2, -0.15) is 0 Å². The highest BCUT2D eigenvalue weighted by atomic mass is 32.2. The summed E-state index contributed by atoms with van der Waals surface area (Å²) in [7, 11) is 0. The first-order valence-corrected chi connectivity index (χ1v) is 8.98. The average Bonchev–Trinajstić information content (AvgIpc) is 3.05. The smallest absolute Gasteiger partial charge is 0.335 e. The quantitative estimate of drug-likeness (QED) is 0.799. The minimum absolute atomic E-state index is 0.0858. The average molecular weight is 368 g/mol. The largest absolute Gasteiger partial charge is 0.755 e. The van der Waals surface area contributed by atoms with Gasteiger partial charge in [-0.05, 0) is 24.3 Å². The third kappa shape index (κ3) is 3.56. The van der Waals surface area contributed by atoms with Crippen molar-refractivity contribution < 1.29 is 23.4 Å². The van der Waals surface area contributed by atoms with E-state index in [0.717, 1.165) is 9.44 Å². The fraction of sp³-hybridized carbons (Fsp3) is 0.286. The van der Waals surface area contributed by atoms with Gasteiger partial charge in [0.2, 0.25) is 0 Å². The molecule has 0 saturated carbocycles. The van der Waals surface area contributed by atoms with Crippen molar-refractivity contribution in [1.82, 2.24) is 4.98 Å². The number of aromatic carboxylic acids is 1. The zero-order valence-corrected chi connectivity index (χ0v) is 14.1. The molecule has 1 unspecified atom stereocenters. The molecule has 24 heavy (non-hydrogen) atoms. The summed E-state index contributed by atoms with van der Waals surface area (Å²) in [6, 6.07) is 5.58. The molecule has 1 saturated heterocycles. The van der Waals surface area contributed by atoms with Crippen molar-refractivity contribution in [2.75, 3.05) is 35.5 Å². The van der Waals surface area contributed by atoms with Gasteiger partial charge in [0.25, 0.3) is 0 Å². The lowest BCUT2D eigenvalue weighted by atomic mass is 10.2. The second-order valence-corrected chi connectivity index (χ2v) is 6.59. The maximum atomic E-state index is 11.6. The molecular weight excluding hydrogens is 354 g/mol. The Bertz CT molecular complexity index is 743. The summed E-state index contributed by atoms with van der Waals surface area (Å²) in [4.78, 5) is 17.3. The molecule has 1 atom stereocenters. The van der Waals surface area contributed by atoms with Crippen molar-refractivity contribution in [1.29, 1.82) is 0 Å². The number of hydrogen-bond acceptors (Lipinski definition) is 7. The highest BCUT2D eigenvalue weighted by Crippen LogP contribution is 2.32. The molecule has 1 aliphatic heterocycles. The summed E-state index contributed by atoms with van der Waals surface area (Å²) in [6.07, 6.45) is 0. The van der Waals surface area contributed by atoms with E-state index in [-0.39, 0.29) is 11.4 Å². The first-order valence-electron chi connectivity index (χ1n) is 7.07. The summed E-state index contributed by atoms with van der Waals surface area (Å²) in [5.74, 6) is -0.794. The number of aromatic nitrogens is 1. The molecule has 1 fully saturated rings. The molecule has 8 nitrogen and oxygen atoms in total. The topological polar surface area (TPSA) is 106 Å². The summed E-state index contributed by atoms with van der Waals surface area (Å²) >= 11 is -1.22. The van der Waals surface area contributed by atoms with Gasteiger partial charge in [-0.15, -0.1) is 11.3 Å². The van der Waals surface area contributed by atoms with Crippen LogP contribution in [0.5, 0.6) is 0 Å². The van der Waals surface area contributed by atoms with Crippen LogP contribution in [0.2, 0.25) is 0 Å². The molecule has 1 N–H and O–H groups in total. The van der Waals surface area contributed by atoms with Gasteiger partial charge in [-0.25, -0.2) is 9.78 Å². The van der Waals surface area contributed by atoms with Crippen LogP contribution in [0.25, 0.3) is 0 Å². The number of ether oxygens (including phenoxy) is 1. The Morgan fingerprint density at radius 2 is 2.00 bits per heavy atom. The monoisotopic (exact) mass is 368 g/mol. The standard InChI is InChI=1S/C14H15N3O5S2/c18-13(19)10-1-3-11(4-2-10)17(24(20)21)12-9-23-14(15-12)16-5-7-22-8-6-16/h1-4,9H,5-8H2,(H,18,19)(H,20,21)/p-1. The van der Waals surface area contributed by atoms with Crippen molar-refractivity contribution in [3.05, 3.63) is 35.2 Å². The molecule has 3 rings (SSSR count). The molecule has 10 heteroatoms. The van der Waals surface area contributed by atoms with E-state index in [1.165, 1.54) is 35.6 Å². The van der Waals surface area contributed by atoms with Gasteiger partial charge in [-0.1, -0.05) is 0 Å². The van der Waals surface area contributed by atoms with E-state index in [2.05, 4.69) is 4.98 Å². The van der Waals surface area contributed by atoms with Crippen LogP contribution in [0.1, 0.15) is 10.4 Å². The van der Waals surface area contributed by atoms with Crippen molar-refractivity contribution >= 4 is 45.2 Å². The van der Waals surface area contributed by atoms with Crippen LogP contribution < -0.4 is 9.21 Å². The molecule has 0 spiro atoms. The van der Waals surface area contributed by atoms with Crippen LogP contribution in [0.4, 0.5) is 16.6 Å². The van der Waals surface area contributed by atoms with Crippen molar-refractivity contribution in [3.63, 3.8) is 0 Å². The van der Waals surface area contributed by atoms with Gasteiger partial charge in [0.15, 0.2) is 10.9 Å². The van der Waals surface area contributed by atoms with E-state index in [0.29, 0.717) is 32.0 Å². The number of anilines is 3. The first kappa shape index (κ1) is 16.8. The Morgan fingerprint density at radius 3 is 2.58 bits per heavy atom. The van der Waals surface area contributed by atoms with E-state index in [4.69, 9.17) is 9.84 Å². The second-order valence-electron chi connectivity index (χ2n) is 4.95. The van der Waals surface area contributed by atoms with Crippen molar-refractivity contribution in [2.45, 2.75) is 0 Å². The molecule has 128 valence electrons. The minimum Gasteiger partial charge on any atom is -0.755 e. The van der Waals surface area contributed by atoms with Gasteiger partial charge in [-0.3, -0.25) is 8.51 Å². The van der Waals surface area contributed by atoms with E-state index in [1.54, 1.807) is 5.38 Å². The molecule has 1 aromatic carbocycles. The summed E-state index contributed by atoms with van der Waals surface area (Å²) < 4.78 is 29.6. The first-order chi connectivity index (χ1) is 11.6. The van der Waals surface area contributed by atoms with Gasteiger partial charge >= 0.3 is 5.97 Å². The van der Waals surface area contributed by atoms with Crippen LogP contribution in [0, 0.1) is 0 Å². The molecule has 2 aromatic rings. The third-order valence-electron chi connectivity index (χ3n) is 3.47. The van der Waals surface area contributed by atoms with Gasteiger partial charge in [0.1, 0.15) is 0 Å². The maximum Gasteiger partial charge on any atom is 0.335 e. The van der Waals surface area contributed by atoms with Crippen LogP contribution in [0.3, 0.4) is 0 Å². The fourth-order valence-electron chi connectivity index (χ4n) is 2.28. The zero-order chi connectivity index (χ0) is 17.1. The number of morpholine rings is 1. The predicted octanol–water partition coefficient (Wildman–Crippen LogP) is 1.61. The Hall–Kier alpha value is -2.01. The number of hydrogen-bond donors (Lipinski definition) is 1. The predicted molar refractivity (Wildman–Crippen MR) is 89.6 cm³/mol. The number of thiazole rings is 1. The lowest BCUT2D eigenvalue weighted by Crippen LogP contribution is -2.36. The molecule has 0 amide bonds. The molecule has 1 aromatic heterocycles. The van der Waals surface area contributed by atoms with E-state index < -0.39 is 17.2 Å². The summed E-state index contributed by atoms with van der Waals surface area (Å²) in [5.41, 5.74) is 0.412. The molecular formula is C14H14N3O5S2-. The Kier molecular flexibility index (Phi) is 5.09. The summed E-state index contributed by atoms with van der Waals surface area (Å²) in [5, 5.41) is 11.3. The Labute approximate surface area is 144 Å². The van der Waals surface area contributed by atoms with Crippen molar-refractivity contribution in [3.8, 4) is 0 Å². The lowest BCUT2D eigenvalue weighted by molar-refractivity contribution is 0.0697. The molecule has 1 aliphatic rings. The molecule has 0 radical (unpaired) electrons. The Morgan fingerprint density at radius 1 is 1.33 bits per heavy atom. The number of carboxylic acids is 1. The third-order valence-corrected chi connectivity index (χ3v) is 5.05. The second kappa shape index (κ2) is 7.26. The molecule has 2 heterocycles. The normalized spacial score (nSPS) is 16.0. The van der Waals surface area contributed by atoms with E-state index in [9.17, 15) is 13.6 Å². The van der Waals surface area contributed by atoms with E-state index >= 15 is 0 Å². The zero-order valence-electron chi connectivity index (χ0n) is 12.5. The number of carbonyl (C=O) groups is 1. The van der Waals surface area contributed by atoms with Crippen LogP contribution in [-0.4, -0.2) is 51.1 Å². The fourth-order valence-corrected chi connectivity index (χ4v) is 3.74. The number of nitrogens with zero attached hydrogens (tertiary/aromatic N) is 3. The number of benzene rings is 1. The Balaban J connectivity index is 1.87.